The number of nitrogens with zero attached hydrogens (tertiary/aromatic N) is 1. The summed E-state index contributed by atoms with van der Waals surface area (Å²) in [7, 11) is 0. The highest BCUT2D eigenvalue weighted by Gasteiger charge is 2.17. The summed E-state index contributed by atoms with van der Waals surface area (Å²) >= 11 is 6.39. The highest BCUT2D eigenvalue weighted by Crippen LogP contribution is 2.18. The van der Waals surface area contributed by atoms with Gasteiger partial charge in [-0.25, -0.2) is 4.98 Å². The van der Waals surface area contributed by atoms with Gasteiger partial charge in [-0.15, -0.1) is 11.6 Å². The smallest absolute Gasteiger partial charge is 0.104 e. The van der Waals surface area contributed by atoms with E-state index in [9.17, 15) is 0 Å². The van der Waals surface area contributed by atoms with Gasteiger partial charge < -0.3 is 4.98 Å². The lowest BCUT2D eigenvalue weighted by atomic mass is 9.95. The Morgan fingerprint density at radius 1 is 1.30 bits per heavy atom. The monoisotopic (exact) mass is 284 g/mol. The number of aromatic nitrogens is 2. The maximum atomic E-state index is 6.39. The Morgan fingerprint density at radius 3 is 2.90 bits per heavy atom. The fourth-order valence-corrected chi connectivity index (χ4v) is 2.72. The number of fused-ring (bicyclic) bond motifs is 1. The lowest BCUT2D eigenvalue weighted by Gasteiger charge is -2.13. The zero-order valence-electron chi connectivity index (χ0n) is 11.7. The first kappa shape index (κ1) is 13.3. The van der Waals surface area contributed by atoms with Crippen LogP contribution in [0.15, 0.2) is 23.8 Å². The van der Waals surface area contributed by atoms with Crippen LogP contribution in [-0.2, 0) is 0 Å². The van der Waals surface area contributed by atoms with Crippen molar-refractivity contribution in [3.05, 3.63) is 40.3 Å². The van der Waals surface area contributed by atoms with Crippen LogP contribution < -0.4 is 10.7 Å². The number of alkyl halides is 1. The summed E-state index contributed by atoms with van der Waals surface area (Å²) < 4.78 is 0. The molecular formula is C17H17ClN2. The van der Waals surface area contributed by atoms with E-state index in [1.165, 1.54) is 5.57 Å². The standard InChI is InChI=1S/C17H17ClN2/c1-11-3-5-13(6-4-11)7-8-14-9-16-17(10-15(14)18)20-12(2)19-16/h3-5,9-10,13-15H,6H2,1-2H3,(H,19,20). The van der Waals surface area contributed by atoms with Gasteiger partial charge in [-0.2, -0.15) is 0 Å². The first-order valence-corrected chi connectivity index (χ1v) is 7.32. The van der Waals surface area contributed by atoms with Gasteiger partial charge in [0.25, 0.3) is 0 Å². The fraction of sp³-hybridized carbons (Fsp3) is 0.353. The molecule has 2 aliphatic carbocycles. The Bertz CT molecular complexity index is 755. The molecule has 0 saturated carbocycles. The summed E-state index contributed by atoms with van der Waals surface area (Å²) in [5, 5.41) is 1.87. The molecule has 1 aromatic heterocycles. The molecule has 3 unspecified atom stereocenters. The molecule has 3 atom stereocenters. The van der Waals surface area contributed by atoms with Gasteiger partial charge in [-0.05, 0) is 32.4 Å². The Morgan fingerprint density at radius 2 is 2.15 bits per heavy atom. The van der Waals surface area contributed by atoms with Crippen LogP contribution in [0.3, 0.4) is 0 Å². The molecule has 0 amide bonds. The SMILES string of the molecule is CC1=CCC(C#CC2C=c3[nH]c(C)nc3=CC2Cl)C=C1. The first-order valence-electron chi connectivity index (χ1n) is 6.88. The van der Waals surface area contributed by atoms with E-state index in [4.69, 9.17) is 11.6 Å². The van der Waals surface area contributed by atoms with Gasteiger partial charge >= 0.3 is 0 Å². The van der Waals surface area contributed by atoms with E-state index < -0.39 is 0 Å². The molecule has 2 nitrogen and oxygen atoms in total. The van der Waals surface area contributed by atoms with Crippen LogP contribution in [0.4, 0.5) is 0 Å². The Kier molecular flexibility index (Phi) is 3.54. The molecule has 2 aliphatic rings. The van der Waals surface area contributed by atoms with Crippen molar-refractivity contribution in [2.45, 2.75) is 25.6 Å². The van der Waals surface area contributed by atoms with Gasteiger partial charge in [-0.1, -0.05) is 35.6 Å². The minimum Gasteiger partial charge on any atom is -0.342 e. The van der Waals surface area contributed by atoms with Crippen LogP contribution in [0.5, 0.6) is 0 Å². The highest BCUT2D eigenvalue weighted by atomic mass is 35.5. The van der Waals surface area contributed by atoms with Crippen molar-refractivity contribution in [3.63, 3.8) is 0 Å². The summed E-state index contributed by atoms with van der Waals surface area (Å²) in [6.07, 6.45) is 11.6. The van der Waals surface area contributed by atoms with E-state index in [1.54, 1.807) is 0 Å². The van der Waals surface area contributed by atoms with Gasteiger partial charge in [0.2, 0.25) is 0 Å². The van der Waals surface area contributed by atoms with E-state index in [-0.39, 0.29) is 11.3 Å². The van der Waals surface area contributed by atoms with Crippen LogP contribution >= 0.6 is 11.6 Å². The average Bonchev–Trinajstić information content (AvgIpc) is 2.77. The van der Waals surface area contributed by atoms with Crippen molar-refractivity contribution in [2.24, 2.45) is 11.8 Å². The van der Waals surface area contributed by atoms with E-state index in [1.807, 2.05) is 13.0 Å². The van der Waals surface area contributed by atoms with Crippen molar-refractivity contribution in [3.8, 4) is 11.8 Å². The van der Waals surface area contributed by atoms with Crippen molar-refractivity contribution < 1.29 is 0 Å². The molecule has 1 heterocycles. The van der Waals surface area contributed by atoms with Gasteiger partial charge in [0.15, 0.2) is 0 Å². The third-order valence-corrected chi connectivity index (χ3v) is 4.00. The highest BCUT2D eigenvalue weighted by molar-refractivity contribution is 6.24. The third-order valence-electron chi connectivity index (χ3n) is 3.61. The van der Waals surface area contributed by atoms with Crippen molar-refractivity contribution in [2.75, 3.05) is 0 Å². The number of halogens is 1. The number of allylic oxidation sites excluding steroid dienone is 4. The van der Waals surface area contributed by atoms with Crippen molar-refractivity contribution in [1.82, 2.24) is 9.97 Å². The molecule has 102 valence electrons. The number of imidazole rings is 1. The van der Waals surface area contributed by atoms with Crippen LogP contribution in [0, 0.1) is 30.6 Å². The molecular weight excluding hydrogens is 268 g/mol. The molecule has 0 saturated heterocycles. The second-order valence-electron chi connectivity index (χ2n) is 5.36. The van der Waals surface area contributed by atoms with Crippen LogP contribution in [-0.4, -0.2) is 15.3 Å². The number of H-pyrrole nitrogens is 1. The number of hydrogen-bond donors (Lipinski definition) is 1. The number of aromatic amines is 1. The number of hydrogen-bond acceptors (Lipinski definition) is 1. The van der Waals surface area contributed by atoms with Crippen LogP contribution in [0.1, 0.15) is 19.2 Å². The molecule has 20 heavy (non-hydrogen) atoms. The van der Waals surface area contributed by atoms with Crippen LogP contribution in [0.25, 0.3) is 12.2 Å². The molecule has 3 rings (SSSR count). The summed E-state index contributed by atoms with van der Waals surface area (Å²) in [5.41, 5.74) is 1.31. The van der Waals surface area contributed by atoms with E-state index in [0.717, 1.165) is 22.9 Å². The molecule has 1 aromatic rings. The zero-order valence-corrected chi connectivity index (χ0v) is 12.4. The van der Waals surface area contributed by atoms with Gasteiger partial charge in [0.05, 0.1) is 22.0 Å². The largest absolute Gasteiger partial charge is 0.342 e. The van der Waals surface area contributed by atoms with E-state index in [0.29, 0.717) is 5.92 Å². The van der Waals surface area contributed by atoms with E-state index in [2.05, 4.69) is 53.0 Å². The quantitative estimate of drug-likeness (QED) is 0.573. The first-order chi connectivity index (χ1) is 9.61. The van der Waals surface area contributed by atoms with Crippen molar-refractivity contribution in [1.29, 1.82) is 0 Å². The second-order valence-corrected chi connectivity index (χ2v) is 5.87. The summed E-state index contributed by atoms with van der Waals surface area (Å²) in [6.45, 7) is 4.06. The summed E-state index contributed by atoms with van der Waals surface area (Å²) in [6, 6.07) is 0. The third kappa shape index (κ3) is 2.73. The average molecular weight is 285 g/mol. The van der Waals surface area contributed by atoms with E-state index >= 15 is 0 Å². The summed E-state index contributed by atoms with van der Waals surface area (Å²) in [5.74, 6) is 7.90. The molecule has 0 radical (unpaired) electrons. The molecule has 0 spiro atoms. The predicted octanol–water partition coefficient (Wildman–Crippen LogP) is 2.04. The second kappa shape index (κ2) is 5.34. The number of aryl methyl sites for hydroxylation is 1. The molecule has 1 N–H and O–H groups in total. The van der Waals surface area contributed by atoms with Crippen LogP contribution in [0.2, 0.25) is 0 Å². The summed E-state index contributed by atoms with van der Waals surface area (Å²) in [4.78, 5) is 7.64. The molecule has 0 fully saturated rings. The normalized spacial score (nSPS) is 27.6. The Hall–Kier alpha value is -1.72. The minimum absolute atomic E-state index is 0.0458. The predicted molar refractivity (Wildman–Crippen MR) is 83.4 cm³/mol. The maximum Gasteiger partial charge on any atom is 0.104 e. The van der Waals surface area contributed by atoms with Gasteiger partial charge in [0, 0.05) is 5.92 Å². The maximum absolute atomic E-state index is 6.39. The van der Waals surface area contributed by atoms with Gasteiger partial charge in [0.1, 0.15) is 5.82 Å². The molecule has 0 aromatic carbocycles. The Balaban J connectivity index is 1.83. The Labute approximate surface area is 124 Å². The molecule has 0 aliphatic heterocycles. The zero-order chi connectivity index (χ0) is 14.1. The van der Waals surface area contributed by atoms with Crippen molar-refractivity contribution >= 4 is 23.8 Å². The number of nitrogens with one attached hydrogen (secondary N) is 1. The fourth-order valence-electron chi connectivity index (χ4n) is 2.47. The van der Waals surface area contributed by atoms with Gasteiger partial charge in [-0.3, -0.25) is 0 Å². The lowest BCUT2D eigenvalue weighted by molar-refractivity contribution is 0.834. The lowest BCUT2D eigenvalue weighted by Crippen LogP contribution is -2.33. The minimum atomic E-state index is -0.109. The topological polar surface area (TPSA) is 28.7 Å². The molecule has 0 bridgehead atoms. The molecule has 3 heteroatoms. The number of rotatable bonds is 0.